The summed E-state index contributed by atoms with van der Waals surface area (Å²) in [5, 5.41) is 15.1. The molecule has 3 rings (SSSR count). The molecule has 0 unspecified atom stereocenters. The first kappa shape index (κ1) is 18.8. The Kier molecular flexibility index (Phi) is 6.54. The van der Waals surface area contributed by atoms with E-state index in [1.165, 1.54) is 28.7 Å². The van der Waals surface area contributed by atoms with E-state index in [1.807, 2.05) is 61.7 Å². The maximum Gasteiger partial charge on any atom is 0.234 e. The number of carbonyl (C=O) groups is 1. The van der Waals surface area contributed by atoms with E-state index in [9.17, 15) is 4.79 Å². The molecule has 8 heteroatoms. The first-order chi connectivity index (χ1) is 12.6. The van der Waals surface area contributed by atoms with Gasteiger partial charge in [0, 0.05) is 16.3 Å². The fourth-order valence-electron chi connectivity index (χ4n) is 2.10. The lowest BCUT2D eigenvalue weighted by molar-refractivity contribution is -0.113. The maximum absolute atomic E-state index is 12.1. The summed E-state index contributed by atoms with van der Waals surface area (Å²) in [7, 11) is 0. The average Bonchev–Trinajstić information content (AvgIpc) is 3.09. The van der Waals surface area contributed by atoms with Gasteiger partial charge in [-0.3, -0.25) is 4.79 Å². The van der Waals surface area contributed by atoms with Crippen LogP contribution in [0.3, 0.4) is 0 Å². The number of nitrogens with one attached hydrogen (secondary N) is 2. The molecule has 2 N–H and O–H groups in total. The topological polar surface area (TPSA) is 66.9 Å². The van der Waals surface area contributed by atoms with Crippen LogP contribution in [0.2, 0.25) is 0 Å². The van der Waals surface area contributed by atoms with Crippen LogP contribution in [0, 0.1) is 6.92 Å². The number of hydrogen-bond acceptors (Lipinski definition) is 7. The molecule has 5 nitrogen and oxygen atoms in total. The number of thioether (sulfide) groups is 2. The monoisotopic (exact) mass is 402 g/mol. The highest BCUT2D eigenvalue weighted by Crippen LogP contribution is 2.28. The molecule has 2 aromatic carbocycles. The Morgan fingerprint density at radius 3 is 2.69 bits per heavy atom. The molecule has 0 aliphatic heterocycles. The molecule has 0 radical (unpaired) electrons. The molecule has 0 aliphatic carbocycles. The lowest BCUT2D eigenvalue weighted by Gasteiger charge is -2.05. The van der Waals surface area contributed by atoms with E-state index in [-0.39, 0.29) is 5.91 Å². The Labute approximate surface area is 165 Å². The molecule has 0 saturated carbocycles. The Morgan fingerprint density at radius 2 is 1.92 bits per heavy atom. The van der Waals surface area contributed by atoms with E-state index in [0.717, 1.165) is 20.6 Å². The molecule has 0 saturated heterocycles. The quantitative estimate of drug-likeness (QED) is 0.540. The molecule has 134 valence electrons. The zero-order chi connectivity index (χ0) is 18.4. The third-order valence-corrected chi connectivity index (χ3v) is 6.09. The van der Waals surface area contributed by atoms with Gasteiger partial charge in [-0.05, 0) is 43.5 Å². The Hall–Kier alpha value is -2.03. The van der Waals surface area contributed by atoms with Crippen molar-refractivity contribution in [3.63, 3.8) is 0 Å². The fourth-order valence-corrected chi connectivity index (χ4v) is 4.14. The predicted octanol–water partition coefficient (Wildman–Crippen LogP) is 5.04. The van der Waals surface area contributed by atoms with Crippen molar-refractivity contribution in [2.75, 3.05) is 22.6 Å². The van der Waals surface area contributed by atoms with Gasteiger partial charge in [0.1, 0.15) is 0 Å². The fraction of sp³-hybridized carbons (Fsp3) is 0.167. The molecule has 26 heavy (non-hydrogen) atoms. The van der Waals surface area contributed by atoms with Crippen LogP contribution in [0.15, 0.2) is 57.8 Å². The van der Waals surface area contributed by atoms with Crippen molar-refractivity contribution in [2.24, 2.45) is 0 Å². The molecular weight excluding hydrogens is 384 g/mol. The Bertz CT molecular complexity index is 880. The summed E-state index contributed by atoms with van der Waals surface area (Å²) in [5.41, 5.74) is 2.98. The summed E-state index contributed by atoms with van der Waals surface area (Å²) in [6.45, 7) is 2.05. The van der Waals surface area contributed by atoms with Crippen molar-refractivity contribution >= 4 is 57.3 Å². The van der Waals surface area contributed by atoms with E-state index in [0.29, 0.717) is 10.9 Å². The van der Waals surface area contributed by atoms with Gasteiger partial charge >= 0.3 is 0 Å². The SMILES string of the molecule is CSc1cccc(NC(=O)CSc2nnc(Nc3ccc(C)cc3)s2)c1. The number of carbonyl (C=O) groups excluding carboxylic acids is 1. The smallest absolute Gasteiger partial charge is 0.234 e. The van der Waals surface area contributed by atoms with Gasteiger partial charge in [-0.15, -0.1) is 22.0 Å². The van der Waals surface area contributed by atoms with Gasteiger partial charge in [-0.1, -0.05) is 46.9 Å². The summed E-state index contributed by atoms with van der Waals surface area (Å²) >= 11 is 4.46. The summed E-state index contributed by atoms with van der Waals surface area (Å²) in [6, 6.07) is 15.9. The van der Waals surface area contributed by atoms with Gasteiger partial charge in [0.2, 0.25) is 11.0 Å². The number of anilines is 3. The van der Waals surface area contributed by atoms with Crippen LogP contribution in [-0.2, 0) is 4.79 Å². The van der Waals surface area contributed by atoms with Crippen molar-refractivity contribution in [3.05, 3.63) is 54.1 Å². The third kappa shape index (κ3) is 5.48. The maximum atomic E-state index is 12.1. The summed E-state index contributed by atoms with van der Waals surface area (Å²) < 4.78 is 0.757. The van der Waals surface area contributed by atoms with Crippen molar-refractivity contribution < 1.29 is 4.79 Å². The highest BCUT2D eigenvalue weighted by Gasteiger charge is 2.09. The van der Waals surface area contributed by atoms with E-state index in [4.69, 9.17) is 0 Å². The molecule has 1 heterocycles. The molecule has 1 aromatic heterocycles. The number of hydrogen-bond donors (Lipinski definition) is 2. The normalized spacial score (nSPS) is 10.5. The summed E-state index contributed by atoms with van der Waals surface area (Å²) in [6.07, 6.45) is 2.01. The predicted molar refractivity (Wildman–Crippen MR) is 112 cm³/mol. The van der Waals surface area contributed by atoms with Crippen molar-refractivity contribution in [3.8, 4) is 0 Å². The largest absolute Gasteiger partial charge is 0.330 e. The van der Waals surface area contributed by atoms with Gasteiger partial charge < -0.3 is 10.6 Å². The lowest BCUT2D eigenvalue weighted by atomic mass is 10.2. The highest BCUT2D eigenvalue weighted by atomic mass is 32.2. The van der Waals surface area contributed by atoms with Gasteiger partial charge in [0.05, 0.1) is 5.75 Å². The first-order valence-electron chi connectivity index (χ1n) is 7.86. The number of benzene rings is 2. The molecule has 1 amide bonds. The van der Waals surface area contributed by atoms with E-state index >= 15 is 0 Å². The number of amides is 1. The highest BCUT2D eigenvalue weighted by molar-refractivity contribution is 8.01. The lowest BCUT2D eigenvalue weighted by Crippen LogP contribution is -2.13. The Balaban J connectivity index is 1.51. The van der Waals surface area contributed by atoms with E-state index in [1.54, 1.807) is 11.8 Å². The van der Waals surface area contributed by atoms with Gasteiger partial charge in [0.25, 0.3) is 0 Å². The van der Waals surface area contributed by atoms with Gasteiger partial charge in [-0.2, -0.15) is 0 Å². The van der Waals surface area contributed by atoms with Crippen LogP contribution < -0.4 is 10.6 Å². The van der Waals surface area contributed by atoms with E-state index in [2.05, 4.69) is 20.8 Å². The molecule has 0 aliphatic rings. The van der Waals surface area contributed by atoms with E-state index < -0.39 is 0 Å². The van der Waals surface area contributed by atoms with Crippen molar-refractivity contribution in [1.29, 1.82) is 0 Å². The van der Waals surface area contributed by atoms with Crippen molar-refractivity contribution in [2.45, 2.75) is 16.2 Å². The minimum absolute atomic E-state index is 0.0588. The Morgan fingerprint density at radius 1 is 1.12 bits per heavy atom. The van der Waals surface area contributed by atoms with Crippen molar-refractivity contribution in [1.82, 2.24) is 10.2 Å². The molecule has 0 bridgehead atoms. The zero-order valence-electron chi connectivity index (χ0n) is 14.4. The van der Waals surface area contributed by atoms with Crippen LogP contribution in [0.1, 0.15) is 5.56 Å². The van der Waals surface area contributed by atoms with Gasteiger partial charge in [-0.25, -0.2) is 0 Å². The third-order valence-electron chi connectivity index (χ3n) is 3.39. The molecule has 0 atom stereocenters. The number of rotatable bonds is 7. The molecule has 0 spiro atoms. The minimum Gasteiger partial charge on any atom is -0.330 e. The van der Waals surface area contributed by atoms with Crippen LogP contribution in [0.25, 0.3) is 0 Å². The second-order valence-electron chi connectivity index (χ2n) is 5.43. The minimum atomic E-state index is -0.0588. The van der Waals surface area contributed by atoms with Gasteiger partial charge in [0.15, 0.2) is 4.34 Å². The number of nitrogens with zero attached hydrogens (tertiary/aromatic N) is 2. The molecule has 3 aromatic rings. The zero-order valence-corrected chi connectivity index (χ0v) is 16.8. The average molecular weight is 403 g/mol. The molecular formula is C18H18N4OS3. The van der Waals surface area contributed by atoms with Crippen LogP contribution in [-0.4, -0.2) is 28.1 Å². The standard InChI is InChI=1S/C18H18N4OS3/c1-12-6-8-13(9-7-12)20-17-21-22-18(26-17)25-11-16(23)19-14-4-3-5-15(10-14)24-2/h3-10H,11H2,1-2H3,(H,19,23)(H,20,21). The van der Waals surface area contributed by atoms with Crippen LogP contribution in [0.4, 0.5) is 16.5 Å². The van der Waals surface area contributed by atoms with Crippen LogP contribution >= 0.6 is 34.9 Å². The first-order valence-corrected chi connectivity index (χ1v) is 10.9. The number of aromatic nitrogens is 2. The summed E-state index contributed by atoms with van der Waals surface area (Å²) in [5.74, 6) is 0.236. The van der Waals surface area contributed by atoms with Crippen LogP contribution in [0.5, 0.6) is 0 Å². The second-order valence-corrected chi connectivity index (χ2v) is 8.51. The molecule has 0 fully saturated rings. The number of aryl methyl sites for hydroxylation is 1. The second kappa shape index (κ2) is 9.07. The summed E-state index contributed by atoms with van der Waals surface area (Å²) in [4.78, 5) is 13.2.